The highest BCUT2D eigenvalue weighted by Gasteiger charge is 2.22. The third-order valence-corrected chi connectivity index (χ3v) is 4.24. The van der Waals surface area contributed by atoms with E-state index in [-0.39, 0.29) is 11.9 Å². The maximum absolute atomic E-state index is 13.8. The second kappa shape index (κ2) is 5.36. The first-order chi connectivity index (χ1) is 8.15. The lowest BCUT2D eigenvalue weighted by Gasteiger charge is -2.17. The molecule has 1 aromatic heterocycles. The summed E-state index contributed by atoms with van der Waals surface area (Å²) in [4.78, 5) is 0.862. The molecule has 1 N–H and O–H groups in total. The molecule has 0 amide bonds. The summed E-state index contributed by atoms with van der Waals surface area (Å²) < 4.78 is 13.8. The molecule has 0 aliphatic carbocycles. The minimum Gasteiger partial charge on any atom is -0.308 e. The fraction of sp³-hybridized carbons (Fsp3) is 0.167. The lowest BCUT2D eigenvalue weighted by Crippen LogP contribution is -2.18. The highest BCUT2D eigenvalue weighted by Crippen LogP contribution is 2.36. The Morgan fingerprint density at radius 1 is 1.24 bits per heavy atom. The monoisotopic (exact) mass is 289 g/mol. The van der Waals surface area contributed by atoms with E-state index >= 15 is 0 Å². The Morgan fingerprint density at radius 2 is 2.00 bits per heavy atom. The summed E-state index contributed by atoms with van der Waals surface area (Å²) in [6.45, 7) is 0. The fourth-order valence-electron chi connectivity index (χ4n) is 1.70. The van der Waals surface area contributed by atoms with Crippen molar-refractivity contribution in [2.45, 2.75) is 6.04 Å². The molecule has 1 aromatic carbocycles. The molecule has 0 bridgehead atoms. The molecule has 1 atom stereocenters. The fourth-order valence-corrected chi connectivity index (χ4v) is 3.26. The Kier molecular flexibility index (Phi) is 4.05. The maximum Gasteiger partial charge on any atom is 0.129 e. The average Bonchev–Trinajstić information content (AvgIpc) is 2.70. The molecule has 5 heteroatoms. The van der Waals surface area contributed by atoms with Crippen molar-refractivity contribution < 1.29 is 4.39 Å². The summed E-state index contributed by atoms with van der Waals surface area (Å²) in [7, 11) is 1.75. The molecule has 0 spiro atoms. The molecule has 2 rings (SSSR count). The summed E-state index contributed by atoms with van der Waals surface area (Å²) >= 11 is 13.6. The van der Waals surface area contributed by atoms with Gasteiger partial charge >= 0.3 is 0 Å². The highest BCUT2D eigenvalue weighted by molar-refractivity contribution is 7.10. The van der Waals surface area contributed by atoms with Gasteiger partial charge in [0.15, 0.2) is 0 Å². The van der Waals surface area contributed by atoms with E-state index in [4.69, 9.17) is 23.2 Å². The molecule has 0 saturated carbocycles. The highest BCUT2D eigenvalue weighted by atomic mass is 35.5. The Balaban J connectivity index is 2.53. The number of hydrogen-bond acceptors (Lipinski definition) is 2. The van der Waals surface area contributed by atoms with Crippen LogP contribution in [0, 0.1) is 5.82 Å². The van der Waals surface area contributed by atoms with Crippen molar-refractivity contribution in [3.05, 3.63) is 55.9 Å². The van der Waals surface area contributed by atoms with Crippen LogP contribution in [-0.2, 0) is 0 Å². The molecule has 0 fully saturated rings. The molecule has 0 saturated heterocycles. The predicted molar refractivity (Wildman–Crippen MR) is 71.6 cm³/mol. The largest absolute Gasteiger partial charge is 0.308 e. The summed E-state index contributed by atoms with van der Waals surface area (Å²) in [5.41, 5.74) is 0.431. The van der Waals surface area contributed by atoms with Crippen molar-refractivity contribution in [1.82, 2.24) is 5.32 Å². The average molecular weight is 290 g/mol. The van der Waals surface area contributed by atoms with Gasteiger partial charge in [-0.1, -0.05) is 29.3 Å². The molecule has 0 radical (unpaired) electrons. The number of hydrogen-bond donors (Lipinski definition) is 1. The van der Waals surface area contributed by atoms with Crippen LogP contribution in [0.5, 0.6) is 0 Å². The molecule has 2 aromatic rings. The summed E-state index contributed by atoms with van der Waals surface area (Å²) in [6.07, 6.45) is 0. The molecule has 1 nitrogen and oxygen atoms in total. The Labute approximate surface area is 113 Å². The molecule has 17 heavy (non-hydrogen) atoms. The van der Waals surface area contributed by atoms with Crippen LogP contribution < -0.4 is 5.32 Å². The van der Waals surface area contributed by atoms with Crippen molar-refractivity contribution in [2.24, 2.45) is 0 Å². The summed E-state index contributed by atoms with van der Waals surface area (Å²) in [6, 6.07) is 6.12. The second-order valence-corrected chi connectivity index (χ2v) is 5.25. The zero-order chi connectivity index (χ0) is 12.4. The van der Waals surface area contributed by atoms with Gasteiger partial charge in [0.25, 0.3) is 0 Å². The van der Waals surface area contributed by atoms with Crippen LogP contribution in [0.25, 0.3) is 0 Å². The first kappa shape index (κ1) is 12.8. The van der Waals surface area contributed by atoms with E-state index < -0.39 is 0 Å². The Bertz CT molecular complexity index is 507. The van der Waals surface area contributed by atoms with Gasteiger partial charge in [-0.2, -0.15) is 0 Å². The van der Waals surface area contributed by atoms with E-state index in [1.165, 1.54) is 17.4 Å². The van der Waals surface area contributed by atoms with Gasteiger partial charge in [0.2, 0.25) is 0 Å². The van der Waals surface area contributed by atoms with Crippen LogP contribution in [0.1, 0.15) is 16.5 Å². The van der Waals surface area contributed by atoms with E-state index in [1.54, 1.807) is 25.2 Å². The van der Waals surface area contributed by atoms with Gasteiger partial charge in [-0.15, -0.1) is 11.3 Å². The van der Waals surface area contributed by atoms with Crippen LogP contribution in [0.4, 0.5) is 4.39 Å². The van der Waals surface area contributed by atoms with Crippen molar-refractivity contribution in [3.63, 3.8) is 0 Å². The second-order valence-electron chi connectivity index (χ2n) is 3.49. The Morgan fingerprint density at radius 3 is 2.53 bits per heavy atom. The normalized spacial score (nSPS) is 12.7. The first-order valence-electron chi connectivity index (χ1n) is 4.99. The van der Waals surface area contributed by atoms with Crippen molar-refractivity contribution in [3.8, 4) is 0 Å². The minimum absolute atomic E-state index is 0.323. The van der Waals surface area contributed by atoms with E-state index in [0.717, 1.165) is 4.88 Å². The summed E-state index contributed by atoms with van der Waals surface area (Å²) in [5, 5.41) is 5.93. The van der Waals surface area contributed by atoms with Crippen molar-refractivity contribution in [2.75, 3.05) is 7.05 Å². The third kappa shape index (κ3) is 2.47. The van der Waals surface area contributed by atoms with Crippen LogP contribution in [0.3, 0.4) is 0 Å². The minimum atomic E-state index is -0.332. The van der Waals surface area contributed by atoms with E-state index in [0.29, 0.717) is 15.6 Å². The van der Waals surface area contributed by atoms with Gasteiger partial charge in [-0.3, -0.25) is 0 Å². The quantitative estimate of drug-likeness (QED) is 0.877. The molecule has 1 unspecified atom stereocenters. The SMILES string of the molecule is CNC(c1sccc1Cl)c1c(F)cccc1Cl. The van der Waals surface area contributed by atoms with E-state index in [1.807, 2.05) is 5.38 Å². The zero-order valence-electron chi connectivity index (χ0n) is 9.01. The molecule has 90 valence electrons. The van der Waals surface area contributed by atoms with Gasteiger partial charge < -0.3 is 5.32 Å². The van der Waals surface area contributed by atoms with Gasteiger partial charge in [0.1, 0.15) is 5.82 Å². The van der Waals surface area contributed by atoms with E-state index in [9.17, 15) is 4.39 Å². The Hall–Kier alpha value is -0.610. The summed E-state index contributed by atoms with van der Waals surface area (Å²) in [5.74, 6) is -0.332. The zero-order valence-corrected chi connectivity index (χ0v) is 11.3. The molecular weight excluding hydrogens is 280 g/mol. The van der Waals surface area contributed by atoms with Crippen LogP contribution in [0.15, 0.2) is 29.6 Å². The van der Waals surface area contributed by atoms with Gasteiger partial charge in [0.05, 0.1) is 11.1 Å². The molecule has 0 aliphatic heterocycles. The van der Waals surface area contributed by atoms with Crippen molar-refractivity contribution in [1.29, 1.82) is 0 Å². The number of nitrogens with one attached hydrogen (secondary N) is 1. The molecular formula is C12H10Cl2FNS. The maximum atomic E-state index is 13.8. The lowest BCUT2D eigenvalue weighted by molar-refractivity contribution is 0.579. The molecule has 1 heterocycles. The number of thiophene rings is 1. The van der Waals surface area contributed by atoms with Crippen molar-refractivity contribution >= 4 is 34.5 Å². The predicted octanol–water partition coefficient (Wildman–Crippen LogP) is 4.50. The smallest absolute Gasteiger partial charge is 0.129 e. The standard InChI is InChI=1S/C12H10Cl2FNS/c1-16-11(12-8(14)5-6-17-12)10-7(13)3-2-4-9(10)15/h2-6,11,16H,1H3. The van der Waals surface area contributed by atoms with Gasteiger partial charge in [-0.05, 0) is 30.6 Å². The van der Waals surface area contributed by atoms with Crippen LogP contribution in [0.2, 0.25) is 10.0 Å². The molecule has 0 aliphatic rings. The van der Waals surface area contributed by atoms with E-state index in [2.05, 4.69) is 5.32 Å². The third-order valence-electron chi connectivity index (χ3n) is 2.48. The van der Waals surface area contributed by atoms with Gasteiger partial charge in [0, 0.05) is 15.5 Å². The lowest BCUT2D eigenvalue weighted by atomic mass is 10.0. The van der Waals surface area contributed by atoms with Gasteiger partial charge in [-0.25, -0.2) is 4.39 Å². The van der Waals surface area contributed by atoms with Crippen LogP contribution in [-0.4, -0.2) is 7.05 Å². The number of halogens is 3. The van der Waals surface area contributed by atoms with Crippen LogP contribution >= 0.6 is 34.5 Å². The topological polar surface area (TPSA) is 12.0 Å². The first-order valence-corrected chi connectivity index (χ1v) is 6.62. The number of benzene rings is 1. The number of rotatable bonds is 3.